The average molecular weight is 378 g/mol. The van der Waals surface area contributed by atoms with Gasteiger partial charge in [0.1, 0.15) is 0 Å². The van der Waals surface area contributed by atoms with E-state index in [1.807, 2.05) is 43.3 Å². The summed E-state index contributed by atoms with van der Waals surface area (Å²) in [4.78, 5) is 15.1. The van der Waals surface area contributed by atoms with Crippen LogP contribution in [0.3, 0.4) is 0 Å². The molecule has 0 radical (unpaired) electrons. The van der Waals surface area contributed by atoms with Crippen molar-refractivity contribution >= 4 is 5.91 Å². The van der Waals surface area contributed by atoms with Gasteiger partial charge in [-0.15, -0.1) is 0 Å². The highest BCUT2D eigenvalue weighted by Crippen LogP contribution is 2.36. The molecular formula is C22H26N4O2. The highest BCUT2D eigenvalue weighted by Gasteiger charge is 2.32. The minimum absolute atomic E-state index is 0.0340. The molecule has 6 nitrogen and oxygen atoms in total. The van der Waals surface area contributed by atoms with E-state index in [2.05, 4.69) is 24.2 Å². The average Bonchev–Trinajstić information content (AvgIpc) is 3.29. The first-order chi connectivity index (χ1) is 13.5. The van der Waals surface area contributed by atoms with Gasteiger partial charge < -0.3 is 9.42 Å². The molecule has 6 heteroatoms. The lowest BCUT2D eigenvalue weighted by molar-refractivity contribution is -0.134. The molecule has 1 fully saturated rings. The zero-order valence-corrected chi connectivity index (χ0v) is 16.7. The molecule has 0 aliphatic carbocycles. The van der Waals surface area contributed by atoms with Crippen LogP contribution < -0.4 is 0 Å². The van der Waals surface area contributed by atoms with Crippen LogP contribution in [0.2, 0.25) is 0 Å². The minimum atomic E-state index is -0.0340. The van der Waals surface area contributed by atoms with E-state index < -0.39 is 0 Å². The van der Waals surface area contributed by atoms with E-state index in [0.717, 1.165) is 48.3 Å². The maximum atomic E-state index is 13.2. The van der Waals surface area contributed by atoms with Crippen LogP contribution in [0.1, 0.15) is 47.8 Å². The molecule has 1 unspecified atom stereocenters. The lowest BCUT2D eigenvalue weighted by Crippen LogP contribution is -2.39. The lowest BCUT2D eigenvalue weighted by Gasteiger charge is -2.35. The van der Waals surface area contributed by atoms with Gasteiger partial charge in [0.25, 0.3) is 0 Å². The molecule has 0 N–H and O–H groups in total. The molecule has 1 saturated heterocycles. The third kappa shape index (κ3) is 3.72. The molecule has 4 rings (SSSR count). The second kappa shape index (κ2) is 7.62. The molecule has 3 heterocycles. The molecule has 146 valence electrons. The maximum Gasteiger partial charge on any atom is 0.227 e. The SMILES string of the molecule is Cc1ccc(CC(=O)N2CCCCC2c2nn(C)cc2-c2cc(C)no2)cc1. The topological polar surface area (TPSA) is 64.2 Å². The molecular weight excluding hydrogens is 352 g/mol. The van der Waals surface area contributed by atoms with Crippen LogP contribution in [0, 0.1) is 13.8 Å². The Kier molecular flexibility index (Phi) is 5.03. The van der Waals surface area contributed by atoms with E-state index in [0.29, 0.717) is 12.2 Å². The second-order valence-electron chi connectivity index (χ2n) is 7.70. The summed E-state index contributed by atoms with van der Waals surface area (Å²) >= 11 is 0. The Labute approximate surface area is 165 Å². The van der Waals surface area contributed by atoms with Gasteiger partial charge >= 0.3 is 0 Å². The Morgan fingerprint density at radius 3 is 2.71 bits per heavy atom. The number of nitrogens with zero attached hydrogens (tertiary/aromatic N) is 4. The van der Waals surface area contributed by atoms with Crippen LogP contribution in [0.4, 0.5) is 0 Å². The summed E-state index contributed by atoms with van der Waals surface area (Å²) < 4.78 is 7.28. The largest absolute Gasteiger partial charge is 0.356 e. The van der Waals surface area contributed by atoms with Crippen LogP contribution in [-0.4, -0.2) is 32.3 Å². The van der Waals surface area contributed by atoms with Crippen molar-refractivity contribution in [3.63, 3.8) is 0 Å². The summed E-state index contributed by atoms with van der Waals surface area (Å²) in [5.74, 6) is 0.857. The number of carbonyl (C=O) groups is 1. The predicted octanol–water partition coefficient (Wildman–Crippen LogP) is 3.99. The van der Waals surface area contributed by atoms with Gasteiger partial charge in [0.15, 0.2) is 5.76 Å². The first-order valence-electron chi connectivity index (χ1n) is 9.83. The smallest absolute Gasteiger partial charge is 0.227 e. The number of benzene rings is 1. The minimum Gasteiger partial charge on any atom is -0.356 e. The summed E-state index contributed by atoms with van der Waals surface area (Å²) in [6.07, 6.45) is 5.40. The molecule has 1 amide bonds. The number of carbonyl (C=O) groups excluding carboxylic acids is 1. The van der Waals surface area contributed by atoms with Gasteiger partial charge in [-0.25, -0.2) is 0 Å². The van der Waals surface area contributed by atoms with Crippen LogP contribution in [0.25, 0.3) is 11.3 Å². The van der Waals surface area contributed by atoms with Gasteiger partial charge in [-0.3, -0.25) is 9.48 Å². The summed E-state index contributed by atoms with van der Waals surface area (Å²) in [6, 6.07) is 10.1. The molecule has 0 spiro atoms. The molecule has 1 aliphatic heterocycles. The molecule has 2 aromatic heterocycles. The molecule has 1 atom stereocenters. The number of piperidine rings is 1. The number of hydrogen-bond acceptors (Lipinski definition) is 4. The fourth-order valence-electron chi connectivity index (χ4n) is 3.93. The molecule has 1 aromatic carbocycles. The van der Waals surface area contributed by atoms with Crippen LogP contribution in [0.5, 0.6) is 0 Å². The van der Waals surface area contributed by atoms with Gasteiger partial charge in [0, 0.05) is 25.9 Å². The van der Waals surface area contributed by atoms with Crippen molar-refractivity contribution in [3.05, 3.63) is 59.0 Å². The summed E-state index contributed by atoms with van der Waals surface area (Å²) in [5, 5.41) is 8.72. The summed E-state index contributed by atoms with van der Waals surface area (Å²) in [7, 11) is 1.90. The van der Waals surface area contributed by atoms with Gasteiger partial charge in [-0.2, -0.15) is 5.10 Å². The number of aromatic nitrogens is 3. The quantitative estimate of drug-likeness (QED) is 0.689. The normalized spacial score (nSPS) is 17.1. The first-order valence-corrected chi connectivity index (χ1v) is 9.83. The van der Waals surface area contributed by atoms with Crippen molar-refractivity contribution in [2.75, 3.05) is 6.54 Å². The monoisotopic (exact) mass is 378 g/mol. The maximum absolute atomic E-state index is 13.2. The number of amides is 1. The highest BCUT2D eigenvalue weighted by atomic mass is 16.5. The van der Waals surface area contributed by atoms with Crippen molar-refractivity contribution in [2.45, 2.75) is 45.6 Å². The molecule has 0 saturated carbocycles. The van der Waals surface area contributed by atoms with E-state index in [1.165, 1.54) is 5.56 Å². The number of likely N-dealkylation sites (tertiary alicyclic amines) is 1. The molecule has 0 bridgehead atoms. The van der Waals surface area contributed by atoms with Crippen molar-refractivity contribution in [1.82, 2.24) is 19.8 Å². The second-order valence-corrected chi connectivity index (χ2v) is 7.70. The first kappa shape index (κ1) is 18.5. The Morgan fingerprint density at radius 2 is 2.00 bits per heavy atom. The van der Waals surface area contributed by atoms with Crippen molar-refractivity contribution in [1.29, 1.82) is 0 Å². The fraction of sp³-hybridized carbons (Fsp3) is 0.409. The Morgan fingerprint density at radius 1 is 1.21 bits per heavy atom. The highest BCUT2D eigenvalue weighted by molar-refractivity contribution is 5.79. The van der Waals surface area contributed by atoms with Crippen molar-refractivity contribution < 1.29 is 9.32 Å². The van der Waals surface area contributed by atoms with E-state index in [-0.39, 0.29) is 11.9 Å². The van der Waals surface area contributed by atoms with E-state index in [9.17, 15) is 4.79 Å². The summed E-state index contributed by atoms with van der Waals surface area (Å²) in [5.41, 5.74) is 4.90. The third-order valence-corrected chi connectivity index (χ3v) is 5.37. The van der Waals surface area contributed by atoms with Crippen molar-refractivity contribution in [3.8, 4) is 11.3 Å². The van der Waals surface area contributed by atoms with Gasteiger partial charge in [0.2, 0.25) is 5.91 Å². The van der Waals surface area contributed by atoms with Gasteiger partial charge in [-0.1, -0.05) is 35.0 Å². The Hall–Kier alpha value is -2.89. The standard InChI is InChI=1S/C22H26N4O2/c1-15-7-9-17(10-8-15)13-21(27)26-11-5-4-6-19(26)22-18(14-25(3)23-22)20-12-16(2)24-28-20/h7-10,12,14,19H,4-6,11,13H2,1-3H3. The lowest BCUT2D eigenvalue weighted by atomic mass is 9.95. The zero-order valence-electron chi connectivity index (χ0n) is 16.7. The number of aryl methyl sites for hydroxylation is 3. The summed E-state index contributed by atoms with van der Waals surface area (Å²) in [6.45, 7) is 4.72. The zero-order chi connectivity index (χ0) is 19.7. The van der Waals surface area contributed by atoms with Crippen LogP contribution >= 0.6 is 0 Å². The van der Waals surface area contributed by atoms with Crippen LogP contribution in [0.15, 0.2) is 41.1 Å². The predicted molar refractivity (Wildman–Crippen MR) is 107 cm³/mol. The molecule has 28 heavy (non-hydrogen) atoms. The molecule has 3 aromatic rings. The number of rotatable bonds is 4. The Balaban J connectivity index is 1.62. The Bertz CT molecular complexity index is 971. The van der Waals surface area contributed by atoms with Crippen molar-refractivity contribution in [2.24, 2.45) is 7.05 Å². The van der Waals surface area contributed by atoms with Crippen LogP contribution in [-0.2, 0) is 18.3 Å². The van der Waals surface area contributed by atoms with Gasteiger partial charge in [0.05, 0.1) is 29.4 Å². The van der Waals surface area contributed by atoms with E-state index >= 15 is 0 Å². The number of hydrogen-bond donors (Lipinski definition) is 0. The van der Waals surface area contributed by atoms with Gasteiger partial charge in [-0.05, 0) is 38.7 Å². The fourth-order valence-corrected chi connectivity index (χ4v) is 3.93. The van der Waals surface area contributed by atoms with E-state index in [4.69, 9.17) is 9.62 Å². The third-order valence-electron chi connectivity index (χ3n) is 5.37. The van der Waals surface area contributed by atoms with E-state index in [1.54, 1.807) is 4.68 Å². The molecule has 1 aliphatic rings.